The van der Waals surface area contributed by atoms with Crippen LogP contribution < -0.4 is 5.32 Å². The number of benzene rings is 1. The minimum atomic E-state index is -0.604. The van der Waals surface area contributed by atoms with Gasteiger partial charge in [0.1, 0.15) is 11.6 Å². The van der Waals surface area contributed by atoms with Crippen molar-refractivity contribution in [3.63, 3.8) is 0 Å². The van der Waals surface area contributed by atoms with E-state index >= 15 is 0 Å². The van der Waals surface area contributed by atoms with Crippen LogP contribution in [0.25, 0.3) is 0 Å². The third-order valence-corrected chi connectivity index (χ3v) is 2.43. The minimum Gasteiger partial charge on any atom is -0.375 e. The number of hydrogen-bond donors (Lipinski definition) is 1. The van der Waals surface area contributed by atoms with Crippen molar-refractivity contribution in [2.24, 2.45) is 0 Å². The molecule has 0 bridgehead atoms. The summed E-state index contributed by atoms with van der Waals surface area (Å²) in [4.78, 5) is 4.16. The summed E-state index contributed by atoms with van der Waals surface area (Å²) in [6.45, 7) is 1.87. The van der Waals surface area contributed by atoms with Gasteiger partial charge in [-0.3, -0.25) is 4.98 Å². The first-order valence-corrected chi connectivity index (χ1v) is 5.29. The Balaban J connectivity index is 2.16. The zero-order chi connectivity index (χ0) is 12.3. The van der Waals surface area contributed by atoms with Gasteiger partial charge in [-0.15, -0.1) is 0 Å². The number of nitrogens with zero attached hydrogens (tertiary/aromatic N) is 1. The summed E-state index contributed by atoms with van der Waals surface area (Å²) in [6, 6.07) is 8.83. The fourth-order valence-corrected chi connectivity index (χ4v) is 1.55. The van der Waals surface area contributed by atoms with E-state index in [0.29, 0.717) is 0 Å². The molecule has 0 aliphatic heterocycles. The topological polar surface area (TPSA) is 24.9 Å². The Hall–Kier alpha value is -1.97. The highest BCUT2D eigenvalue weighted by atomic mass is 19.1. The third-order valence-electron chi connectivity index (χ3n) is 2.43. The summed E-state index contributed by atoms with van der Waals surface area (Å²) < 4.78 is 26.1. The number of hydrogen-bond acceptors (Lipinski definition) is 2. The number of pyridine rings is 1. The molecule has 1 aromatic carbocycles. The highest BCUT2D eigenvalue weighted by Gasteiger charge is 2.09. The van der Waals surface area contributed by atoms with Gasteiger partial charge in [0.25, 0.3) is 0 Å². The maximum Gasteiger partial charge on any atom is 0.149 e. The van der Waals surface area contributed by atoms with E-state index in [9.17, 15) is 8.78 Å². The van der Waals surface area contributed by atoms with Crippen molar-refractivity contribution in [1.82, 2.24) is 4.98 Å². The van der Waals surface area contributed by atoms with Gasteiger partial charge in [0.15, 0.2) is 0 Å². The fraction of sp³-hybridized carbons (Fsp3) is 0.154. The molecule has 2 rings (SSSR count). The van der Waals surface area contributed by atoms with Crippen LogP contribution in [-0.2, 0) is 0 Å². The molecule has 2 aromatic rings. The molecule has 1 heterocycles. The first-order valence-electron chi connectivity index (χ1n) is 5.29. The Morgan fingerprint density at radius 2 is 2.00 bits per heavy atom. The predicted octanol–water partition coefficient (Wildman–Crippen LogP) is 3.53. The molecule has 0 amide bonds. The maximum absolute atomic E-state index is 13.4. The maximum atomic E-state index is 13.4. The zero-order valence-electron chi connectivity index (χ0n) is 9.32. The monoisotopic (exact) mass is 234 g/mol. The van der Waals surface area contributed by atoms with Crippen LogP contribution in [0.2, 0.25) is 0 Å². The largest absolute Gasteiger partial charge is 0.375 e. The van der Waals surface area contributed by atoms with Crippen LogP contribution >= 0.6 is 0 Å². The Kier molecular flexibility index (Phi) is 3.32. The van der Waals surface area contributed by atoms with Crippen molar-refractivity contribution in [2.75, 3.05) is 5.32 Å². The summed E-state index contributed by atoms with van der Waals surface area (Å²) in [5, 5.41) is 2.95. The molecule has 0 saturated heterocycles. The zero-order valence-corrected chi connectivity index (χ0v) is 9.32. The Morgan fingerprint density at radius 1 is 1.18 bits per heavy atom. The second kappa shape index (κ2) is 4.91. The average Bonchev–Trinajstić information content (AvgIpc) is 2.34. The molecular weight excluding hydrogens is 222 g/mol. The van der Waals surface area contributed by atoms with Crippen molar-refractivity contribution in [1.29, 1.82) is 0 Å². The first-order chi connectivity index (χ1) is 8.16. The molecule has 0 spiro atoms. The molecule has 0 aliphatic carbocycles. The molecule has 1 aromatic heterocycles. The number of nitrogens with one attached hydrogen (secondary N) is 1. The van der Waals surface area contributed by atoms with Crippen LogP contribution in [0.15, 0.2) is 42.6 Å². The Morgan fingerprint density at radius 3 is 2.65 bits per heavy atom. The minimum absolute atomic E-state index is 0.142. The molecule has 4 heteroatoms. The highest BCUT2D eigenvalue weighted by Crippen LogP contribution is 2.20. The van der Waals surface area contributed by atoms with E-state index in [1.807, 2.05) is 25.1 Å². The lowest BCUT2D eigenvalue weighted by molar-refractivity contribution is 0.583. The molecule has 88 valence electrons. The summed E-state index contributed by atoms with van der Waals surface area (Å²) in [6.07, 6.45) is 1.68. The number of halogens is 2. The van der Waals surface area contributed by atoms with Gasteiger partial charge in [0.05, 0.1) is 17.4 Å². The molecule has 1 N–H and O–H groups in total. The van der Waals surface area contributed by atoms with E-state index in [0.717, 1.165) is 11.8 Å². The molecule has 1 atom stereocenters. The van der Waals surface area contributed by atoms with Crippen LogP contribution in [-0.4, -0.2) is 4.98 Å². The van der Waals surface area contributed by atoms with E-state index in [1.54, 1.807) is 6.20 Å². The van der Waals surface area contributed by atoms with Gasteiger partial charge in [-0.2, -0.15) is 0 Å². The van der Waals surface area contributed by atoms with Gasteiger partial charge in [0.2, 0.25) is 0 Å². The SMILES string of the molecule is CC(Nc1ccc(F)cc1F)c1ccccn1. The molecule has 17 heavy (non-hydrogen) atoms. The lowest BCUT2D eigenvalue weighted by Crippen LogP contribution is -2.09. The van der Waals surface area contributed by atoms with Gasteiger partial charge in [-0.1, -0.05) is 6.07 Å². The molecule has 0 radical (unpaired) electrons. The van der Waals surface area contributed by atoms with E-state index in [1.165, 1.54) is 12.1 Å². The second-order valence-electron chi connectivity index (χ2n) is 3.74. The standard InChI is InChI=1S/C13H12F2N2/c1-9(12-4-2-3-7-16-12)17-13-6-5-10(14)8-11(13)15/h2-9,17H,1H3. The predicted molar refractivity (Wildman–Crippen MR) is 62.6 cm³/mol. The first kappa shape index (κ1) is 11.5. The van der Waals surface area contributed by atoms with Crippen LogP contribution in [0.3, 0.4) is 0 Å². The number of anilines is 1. The van der Waals surface area contributed by atoms with Crippen LogP contribution in [0.1, 0.15) is 18.7 Å². The lowest BCUT2D eigenvalue weighted by atomic mass is 10.2. The third kappa shape index (κ3) is 2.78. The van der Waals surface area contributed by atoms with Crippen molar-refractivity contribution < 1.29 is 8.78 Å². The quantitative estimate of drug-likeness (QED) is 0.878. The van der Waals surface area contributed by atoms with Crippen molar-refractivity contribution in [3.05, 3.63) is 59.9 Å². The van der Waals surface area contributed by atoms with E-state index in [-0.39, 0.29) is 11.7 Å². The van der Waals surface area contributed by atoms with E-state index < -0.39 is 11.6 Å². The molecule has 0 saturated carbocycles. The number of rotatable bonds is 3. The second-order valence-corrected chi connectivity index (χ2v) is 3.74. The summed E-state index contributed by atoms with van der Waals surface area (Å²) >= 11 is 0. The van der Waals surface area contributed by atoms with Crippen LogP contribution in [0.4, 0.5) is 14.5 Å². The Labute approximate surface area is 98.3 Å². The van der Waals surface area contributed by atoms with Crippen molar-refractivity contribution in [2.45, 2.75) is 13.0 Å². The van der Waals surface area contributed by atoms with Gasteiger partial charge in [0, 0.05) is 12.3 Å². The van der Waals surface area contributed by atoms with Crippen molar-refractivity contribution >= 4 is 5.69 Å². The Bertz CT molecular complexity index is 500. The van der Waals surface area contributed by atoms with Crippen LogP contribution in [0, 0.1) is 11.6 Å². The molecule has 0 fully saturated rings. The van der Waals surface area contributed by atoms with E-state index in [2.05, 4.69) is 10.3 Å². The van der Waals surface area contributed by atoms with Gasteiger partial charge < -0.3 is 5.32 Å². The normalized spacial score (nSPS) is 12.2. The molecular formula is C13H12F2N2. The van der Waals surface area contributed by atoms with Crippen LogP contribution in [0.5, 0.6) is 0 Å². The fourth-order valence-electron chi connectivity index (χ4n) is 1.55. The summed E-state index contributed by atoms with van der Waals surface area (Å²) in [5.41, 5.74) is 1.07. The highest BCUT2D eigenvalue weighted by molar-refractivity contribution is 5.46. The average molecular weight is 234 g/mol. The van der Waals surface area contributed by atoms with Gasteiger partial charge in [-0.05, 0) is 31.2 Å². The van der Waals surface area contributed by atoms with Crippen molar-refractivity contribution in [3.8, 4) is 0 Å². The molecule has 2 nitrogen and oxygen atoms in total. The summed E-state index contributed by atoms with van der Waals surface area (Å²) in [7, 11) is 0. The van der Waals surface area contributed by atoms with E-state index in [4.69, 9.17) is 0 Å². The number of aromatic nitrogens is 1. The molecule has 0 aliphatic rings. The van der Waals surface area contributed by atoms with Gasteiger partial charge in [-0.25, -0.2) is 8.78 Å². The lowest BCUT2D eigenvalue weighted by Gasteiger charge is -2.15. The summed E-state index contributed by atoms with van der Waals surface area (Å²) in [5.74, 6) is -1.19. The van der Waals surface area contributed by atoms with Gasteiger partial charge >= 0.3 is 0 Å². The molecule has 1 unspecified atom stereocenters. The smallest absolute Gasteiger partial charge is 0.149 e.